The zero-order valence-electron chi connectivity index (χ0n) is 17.7. The molecule has 0 aliphatic rings. The smallest absolute Gasteiger partial charge is 0.293 e. The van der Waals surface area contributed by atoms with Gasteiger partial charge in [-0.25, -0.2) is 0 Å². The fourth-order valence-corrected chi connectivity index (χ4v) is 3.98. The number of carbonyl (C=O) groups is 1. The molecule has 0 saturated carbocycles. The SMILES string of the molecule is O=COCCCc1ccc(N(c2ccc(Br)cc2)c2cccc(-c3ccccc3)c2)cc1. The van der Waals surface area contributed by atoms with Crippen molar-refractivity contribution in [1.82, 2.24) is 0 Å². The van der Waals surface area contributed by atoms with Gasteiger partial charge in [0, 0.05) is 21.5 Å². The van der Waals surface area contributed by atoms with Crippen molar-refractivity contribution in [2.75, 3.05) is 11.5 Å². The minimum Gasteiger partial charge on any atom is -0.468 e. The monoisotopic (exact) mass is 485 g/mol. The molecule has 0 bridgehead atoms. The first-order valence-corrected chi connectivity index (χ1v) is 11.4. The van der Waals surface area contributed by atoms with Gasteiger partial charge in [-0.05, 0) is 78.1 Å². The fourth-order valence-electron chi connectivity index (χ4n) is 3.71. The van der Waals surface area contributed by atoms with Gasteiger partial charge in [-0.3, -0.25) is 4.79 Å². The van der Waals surface area contributed by atoms with E-state index in [9.17, 15) is 4.79 Å². The van der Waals surface area contributed by atoms with Gasteiger partial charge in [0.25, 0.3) is 6.47 Å². The lowest BCUT2D eigenvalue weighted by molar-refractivity contribution is -0.128. The van der Waals surface area contributed by atoms with Crippen LogP contribution in [-0.2, 0) is 16.0 Å². The summed E-state index contributed by atoms with van der Waals surface area (Å²) in [6.45, 7) is 0.950. The molecule has 0 aliphatic heterocycles. The lowest BCUT2D eigenvalue weighted by atomic mass is 10.0. The normalized spacial score (nSPS) is 10.5. The van der Waals surface area contributed by atoms with Gasteiger partial charge in [0.05, 0.1) is 6.61 Å². The highest BCUT2D eigenvalue weighted by Crippen LogP contribution is 2.37. The third-order valence-corrected chi connectivity index (χ3v) is 5.82. The van der Waals surface area contributed by atoms with E-state index in [1.165, 1.54) is 16.7 Å². The summed E-state index contributed by atoms with van der Waals surface area (Å²) in [7, 11) is 0. The van der Waals surface area contributed by atoms with Gasteiger partial charge >= 0.3 is 0 Å². The largest absolute Gasteiger partial charge is 0.468 e. The van der Waals surface area contributed by atoms with Gasteiger partial charge in [0.2, 0.25) is 0 Å². The number of benzene rings is 4. The molecule has 0 aromatic heterocycles. The number of halogens is 1. The van der Waals surface area contributed by atoms with Crippen molar-refractivity contribution in [2.24, 2.45) is 0 Å². The molecule has 0 spiro atoms. The van der Waals surface area contributed by atoms with Crippen LogP contribution in [0, 0.1) is 0 Å². The van der Waals surface area contributed by atoms with E-state index in [0.29, 0.717) is 13.1 Å². The minimum absolute atomic E-state index is 0.447. The Labute approximate surface area is 197 Å². The standard InChI is InChI=1S/C28H24BrNO2/c29-25-13-17-27(18-14-25)30(26-15-11-22(12-16-26)6-5-19-32-21-31)28-10-4-9-24(20-28)23-7-2-1-3-8-23/h1-4,7-18,20-21H,5-6,19H2. The molecule has 4 aromatic rings. The van der Waals surface area contributed by atoms with Crippen LogP contribution in [0.15, 0.2) is 108 Å². The van der Waals surface area contributed by atoms with E-state index in [1.807, 2.05) is 6.07 Å². The van der Waals surface area contributed by atoms with Crippen molar-refractivity contribution in [3.05, 3.63) is 113 Å². The Morgan fingerprint density at radius 3 is 2.06 bits per heavy atom. The van der Waals surface area contributed by atoms with Crippen LogP contribution in [0.1, 0.15) is 12.0 Å². The van der Waals surface area contributed by atoms with Gasteiger partial charge in [0.15, 0.2) is 0 Å². The molecule has 4 rings (SSSR count). The number of ether oxygens (including phenoxy) is 1. The summed E-state index contributed by atoms with van der Waals surface area (Å²) >= 11 is 3.54. The maximum Gasteiger partial charge on any atom is 0.293 e. The molecule has 0 atom stereocenters. The van der Waals surface area contributed by atoms with E-state index in [1.54, 1.807) is 0 Å². The first-order chi connectivity index (χ1) is 15.7. The van der Waals surface area contributed by atoms with Crippen molar-refractivity contribution < 1.29 is 9.53 Å². The molecule has 0 saturated heterocycles. The topological polar surface area (TPSA) is 29.5 Å². The summed E-state index contributed by atoms with van der Waals surface area (Å²) in [6.07, 6.45) is 1.68. The Hall–Kier alpha value is -3.37. The molecule has 0 heterocycles. The maximum absolute atomic E-state index is 10.3. The Kier molecular flexibility index (Phi) is 7.36. The average molecular weight is 486 g/mol. The second-order valence-electron chi connectivity index (χ2n) is 7.47. The first kappa shape index (κ1) is 21.8. The Bertz CT molecular complexity index is 1140. The molecule has 3 nitrogen and oxygen atoms in total. The molecule has 4 heteroatoms. The predicted molar refractivity (Wildman–Crippen MR) is 135 cm³/mol. The van der Waals surface area contributed by atoms with Crippen molar-refractivity contribution >= 4 is 39.5 Å². The van der Waals surface area contributed by atoms with Crippen molar-refractivity contribution in [3.63, 3.8) is 0 Å². The highest BCUT2D eigenvalue weighted by atomic mass is 79.9. The van der Waals surface area contributed by atoms with Crippen molar-refractivity contribution in [1.29, 1.82) is 0 Å². The van der Waals surface area contributed by atoms with E-state index >= 15 is 0 Å². The first-order valence-electron chi connectivity index (χ1n) is 10.6. The zero-order chi connectivity index (χ0) is 22.2. The number of hydrogen-bond acceptors (Lipinski definition) is 3. The molecular formula is C28H24BrNO2. The second-order valence-corrected chi connectivity index (χ2v) is 8.38. The highest BCUT2D eigenvalue weighted by Gasteiger charge is 2.13. The van der Waals surface area contributed by atoms with Gasteiger partial charge in [-0.2, -0.15) is 0 Å². The molecular weight excluding hydrogens is 462 g/mol. The minimum atomic E-state index is 0.447. The second kappa shape index (κ2) is 10.8. The molecule has 0 unspecified atom stereocenters. The van der Waals surface area contributed by atoms with Crippen LogP contribution in [0.5, 0.6) is 0 Å². The molecule has 4 aromatic carbocycles. The van der Waals surface area contributed by atoms with Crippen LogP contribution in [0.4, 0.5) is 17.1 Å². The molecule has 0 amide bonds. The Morgan fingerprint density at radius 1 is 0.719 bits per heavy atom. The summed E-state index contributed by atoms with van der Waals surface area (Å²) in [5.74, 6) is 0. The number of rotatable bonds is 9. The van der Waals surface area contributed by atoms with E-state index < -0.39 is 0 Å². The lowest BCUT2D eigenvalue weighted by Gasteiger charge is -2.26. The number of hydrogen-bond donors (Lipinski definition) is 0. The molecule has 32 heavy (non-hydrogen) atoms. The van der Waals surface area contributed by atoms with Crippen LogP contribution in [0.3, 0.4) is 0 Å². The number of anilines is 3. The van der Waals surface area contributed by atoms with E-state index in [4.69, 9.17) is 4.74 Å². The molecule has 0 aliphatic carbocycles. The van der Waals surface area contributed by atoms with Crippen molar-refractivity contribution in [2.45, 2.75) is 12.8 Å². The van der Waals surface area contributed by atoms with Crippen LogP contribution in [-0.4, -0.2) is 13.1 Å². The summed E-state index contributed by atoms with van der Waals surface area (Å²) in [4.78, 5) is 12.6. The molecule has 0 radical (unpaired) electrons. The van der Waals surface area contributed by atoms with Crippen LogP contribution in [0.2, 0.25) is 0 Å². The van der Waals surface area contributed by atoms with E-state index in [-0.39, 0.29) is 0 Å². The average Bonchev–Trinajstić information content (AvgIpc) is 2.85. The lowest BCUT2D eigenvalue weighted by Crippen LogP contribution is -2.10. The summed E-state index contributed by atoms with van der Waals surface area (Å²) in [5, 5.41) is 0. The Morgan fingerprint density at radius 2 is 1.38 bits per heavy atom. The fraction of sp³-hybridized carbons (Fsp3) is 0.107. The summed E-state index contributed by atoms with van der Waals surface area (Å²) in [6, 6.07) is 36.0. The van der Waals surface area contributed by atoms with Crippen LogP contribution < -0.4 is 4.90 Å². The number of nitrogens with zero attached hydrogens (tertiary/aromatic N) is 1. The zero-order valence-corrected chi connectivity index (χ0v) is 19.2. The quantitative estimate of drug-likeness (QED) is 0.179. The maximum atomic E-state index is 10.3. The third-order valence-electron chi connectivity index (χ3n) is 5.29. The van der Waals surface area contributed by atoms with Gasteiger partial charge in [-0.1, -0.05) is 70.5 Å². The number of aryl methyl sites for hydroxylation is 1. The number of carbonyl (C=O) groups excluding carboxylic acids is 1. The van der Waals surface area contributed by atoms with E-state index in [2.05, 4.69) is 118 Å². The molecule has 0 N–H and O–H groups in total. The van der Waals surface area contributed by atoms with Gasteiger partial charge in [-0.15, -0.1) is 0 Å². The Balaban J connectivity index is 1.67. The van der Waals surface area contributed by atoms with Gasteiger partial charge in [0.1, 0.15) is 0 Å². The predicted octanol–water partition coefficient (Wildman–Crippen LogP) is 7.69. The molecule has 160 valence electrons. The van der Waals surface area contributed by atoms with E-state index in [0.717, 1.165) is 34.4 Å². The summed E-state index contributed by atoms with van der Waals surface area (Å²) < 4.78 is 5.85. The molecule has 0 fully saturated rings. The van der Waals surface area contributed by atoms with Crippen LogP contribution >= 0.6 is 15.9 Å². The van der Waals surface area contributed by atoms with Crippen molar-refractivity contribution in [3.8, 4) is 11.1 Å². The van der Waals surface area contributed by atoms with Gasteiger partial charge < -0.3 is 9.64 Å². The highest BCUT2D eigenvalue weighted by molar-refractivity contribution is 9.10. The third kappa shape index (κ3) is 5.45. The summed E-state index contributed by atoms with van der Waals surface area (Å²) in [5.41, 5.74) is 6.86. The van der Waals surface area contributed by atoms with Crippen LogP contribution in [0.25, 0.3) is 11.1 Å².